The van der Waals surface area contributed by atoms with Crippen molar-refractivity contribution in [3.63, 3.8) is 0 Å². The Kier molecular flexibility index (Phi) is 5.85. The minimum absolute atomic E-state index is 0.0865. The second kappa shape index (κ2) is 11.8. The summed E-state index contributed by atoms with van der Waals surface area (Å²) in [7, 11) is 0. The van der Waals surface area contributed by atoms with Gasteiger partial charge in [-0.15, -0.1) is 0 Å². The first-order valence-electron chi connectivity index (χ1n) is 18.0. The molecule has 0 aliphatic heterocycles. The van der Waals surface area contributed by atoms with Gasteiger partial charge in [0.05, 0.1) is 11.2 Å². The molecule has 48 heavy (non-hydrogen) atoms. The molecule has 226 valence electrons. The topological polar surface area (TPSA) is 16.4 Å². The van der Waals surface area contributed by atoms with E-state index >= 15 is 0 Å². The van der Waals surface area contributed by atoms with Crippen LogP contribution in [-0.2, 0) is 0 Å². The Labute approximate surface area is 285 Å². The predicted molar refractivity (Wildman–Crippen MR) is 202 cm³/mol. The second-order valence-electron chi connectivity index (χ2n) is 11.9. The number of rotatable bonds is 6. The van der Waals surface area contributed by atoms with Gasteiger partial charge in [-0.1, -0.05) is 139 Å². The molecular weight excluding hydrogens is 583 g/mol. The Morgan fingerprint density at radius 1 is 0.417 bits per heavy atom. The summed E-state index contributed by atoms with van der Waals surface area (Å²) < 4.78 is 43.7. The third-order valence-corrected chi connectivity index (χ3v) is 8.93. The lowest BCUT2D eigenvalue weighted by molar-refractivity contribution is 0.631. The predicted octanol–water partition coefficient (Wildman–Crippen LogP) is 13.2. The Morgan fingerprint density at radius 2 is 1.04 bits per heavy atom. The van der Waals surface area contributed by atoms with Crippen LogP contribution >= 0.6 is 0 Å². The fraction of sp³-hybridized carbons (Fsp3) is 0. The highest BCUT2D eigenvalue weighted by molar-refractivity contribution is 6.00. The average Bonchev–Trinajstić information content (AvgIpc) is 3.64. The van der Waals surface area contributed by atoms with E-state index in [9.17, 15) is 5.48 Å². The fourth-order valence-corrected chi connectivity index (χ4v) is 6.57. The van der Waals surface area contributed by atoms with E-state index in [2.05, 4.69) is 18.2 Å². The summed E-state index contributed by atoms with van der Waals surface area (Å²) in [4.78, 5) is 1.87. The zero-order valence-electron chi connectivity index (χ0n) is 29.9. The van der Waals surface area contributed by atoms with E-state index in [1.807, 2.05) is 150 Å². The third kappa shape index (κ3) is 5.01. The van der Waals surface area contributed by atoms with Crippen molar-refractivity contribution in [2.24, 2.45) is 0 Å². The summed E-state index contributed by atoms with van der Waals surface area (Å²) in [6.07, 6.45) is 0. The highest BCUT2D eigenvalue weighted by Gasteiger charge is 2.16. The van der Waals surface area contributed by atoms with Gasteiger partial charge in [0.15, 0.2) is 0 Å². The van der Waals surface area contributed by atoms with Crippen LogP contribution in [0.1, 0.15) is 5.48 Å². The van der Waals surface area contributed by atoms with Gasteiger partial charge in [0, 0.05) is 27.7 Å². The van der Waals surface area contributed by atoms with E-state index < -0.39 is 0 Å². The van der Waals surface area contributed by atoms with E-state index in [-0.39, 0.29) is 35.4 Å². The Hall–Kier alpha value is -6.38. The summed E-state index contributed by atoms with van der Waals surface area (Å²) >= 11 is 0. The summed E-state index contributed by atoms with van der Waals surface area (Å²) in [5, 5.41) is 4.85. The standard InChI is InChI=1S/C46H31NO/c1-4-17-41-33(10-1)13-8-19-42(41)35-24-28-40(29-25-35)47(44-20-9-14-34-11-2-5-18-43(34)44)39-26-22-32(23-27-39)36-15-7-16-37(30-36)46-31-38-12-3-6-21-45(38)48-46/h1-31H/i24D,25D,28D,29D. The molecule has 0 unspecified atom stereocenters. The molecule has 2 heteroatoms. The van der Waals surface area contributed by atoms with Crippen LogP contribution in [0, 0.1) is 0 Å². The highest BCUT2D eigenvalue weighted by Crippen LogP contribution is 2.41. The van der Waals surface area contributed by atoms with Gasteiger partial charge >= 0.3 is 0 Å². The molecule has 0 spiro atoms. The van der Waals surface area contributed by atoms with Gasteiger partial charge in [-0.3, -0.25) is 0 Å². The molecule has 1 heterocycles. The van der Waals surface area contributed by atoms with Crippen molar-refractivity contribution in [3.8, 4) is 33.6 Å². The summed E-state index contributed by atoms with van der Waals surface area (Å²) in [6.45, 7) is 0. The molecule has 9 aromatic rings. The number of para-hydroxylation sites is 1. The van der Waals surface area contributed by atoms with Gasteiger partial charge < -0.3 is 9.32 Å². The van der Waals surface area contributed by atoms with E-state index in [0.29, 0.717) is 11.3 Å². The first-order valence-corrected chi connectivity index (χ1v) is 16.0. The van der Waals surface area contributed by atoms with Crippen molar-refractivity contribution >= 4 is 49.6 Å². The lowest BCUT2D eigenvalue weighted by Gasteiger charge is -2.27. The number of hydrogen-bond acceptors (Lipinski definition) is 2. The van der Waals surface area contributed by atoms with Crippen molar-refractivity contribution in [1.29, 1.82) is 0 Å². The molecule has 0 fully saturated rings. The van der Waals surface area contributed by atoms with Crippen molar-refractivity contribution < 1.29 is 9.90 Å². The fourth-order valence-electron chi connectivity index (χ4n) is 6.57. The number of furan rings is 1. The van der Waals surface area contributed by atoms with Crippen molar-refractivity contribution in [1.82, 2.24) is 0 Å². The molecule has 2 nitrogen and oxygen atoms in total. The second-order valence-corrected chi connectivity index (χ2v) is 11.9. The maximum atomic E-state index is 9.45. The molecule has 0 aliphatic carbocycles. The highest BCUT2D eigenvalue weighted by atomic mass is 16.3. The van der Waals surface area contributed by atoms with Crippen LogP contribution in [0.4, 0.5) is 17.1 Å². The molecular formula is C46H31NO. The van der Waals surface area contributed by atoms with Gasteiger partial charge in [0.25, 0.3) is 0 Å². The zero-order valence-corrected chi connectivity index (χ0v) is 25.9. The molecule has 1 aromatic heterocycles. The molecule has 0 amide bonds. The van der Waals surface area contributed by atoms with Crippen LogP contribution in [0.15, 0.2) is 192 Å². The summed E-state index contributed by atoms with van der Waals surface area (Å²) in [6, 6.07) is 53.5. The molecule has 0 radical (unpaired) electrons. The molecule has 0 saturated heterocycles. The third-order valence-electron chi connectivity index (χ3n) is 8.93. The van der Waals surface area contributed by atoms with Crippen LogP contribution in [0.3, 0.4) is 0 Å². The molecule has 8 aromatic carbocycles. The lowest BCUT2D eigenvalue weighted by atomic mass is 9.98. The Morgan fingerprint density at radius 3 is 1.83 bits per heavy atom. The van der Waals surface area contributed by atoms with Crippen LogP contribution in [-0.4, -0.2) is 0 Å². The Balaban J connectivity index is 1.19. The number of benzene rings is 8. The van der Waals surface area contributed by atoms with E-state index in [1.54, 1.807) is 0 Å². The van der Waals surface area contributed by atoms with Gasteiger partial charge in [-0.25, -0.2) is 0 Å². The first kappa shape index (κ1) is 23.9. The monoisotopic (exact) mass is 617 g/mol. The maximum Gasteiger partial charge on any atom is 0.135 e. The molecule has 0 aliphatic rings. The molecule has 9 rings (SSSR count). The molecule has 0 N–H and O–H groups in total. The molecule has 0 atom stereocenters. The van der Waals surface area contributed by atoms with Crippen molar-refractivity contribution in [2.75, 3.05) is 4.90 Å². The Bertz CT molecular complexity index is 2730. The van der Waals surface area contributed by atoms with Crippen LogP contribution in [0.2, 0.25) is 0 Å². The molecule has 0 saturated carbocycles. The SMILES string of the molecule is [2H]c1c([2H])c(N(c2ccc(-c3cccc(-c4cc5ccccc5o4)c3)cc2)c2cccc3ccccc23)c([2H])c([2H])c1-c1cccc2ccccc12. The lowest BCUT2D eigenvalue weighted by Crippen LogP contribution is -2.10. The number of anilines is 3. The van der Waals surface area contributed by atoms with Crippen molar-refractivity contribution in [3.05, 3.63) is 188 Å². The number of hydrogen-bond donors (Lipinski definition) is 0. The normalized spacial score (nSPS) is 12.5. The largest absolute Gasteiger partial charge is 0.456 e. The summed E-state index contributed by atoms with van der Waals surface area (Å²) in [5.41, 5.74) is 6.46. The quantitative estimate of drug-likeness (QED) is 0.185. The minimum atomic E-state index is -0.112. The van der Waals surface area contributed by atoms with E-state index in [1.165, 1.54) is 0 Å². The zero-order chi connectivity index (χ0) is 35.3. The van der Waals surface area contributed by atoms with Crippen LogP contribution < -0.4 is 4.90 Å². The van der Waals surface area contributed by atoms with E-state index in [0.717, 1.165) is 60.7 Å². The number of fused-ring (bicyclic) bond motifs is 3. The van der Waals surface area contributed by atoms with Gasteiger partial charge in [0.2, 0.25) is 0 Å². The minimum Gasteiger partial charge on any atom is -0.456 e. The van der Waals surface area contributed by atoms with Gasteiger partial charge in [-0.2, -0.15) is 0 Å². The van der Waals surface area contributed by atoms with Gasteiger partial charge in [-0.05, 0) is 86.9 Å². The van der Waals surface area contributed by atoms with E-state index in [4.69, 9.17) is 4.42 Å². The van der Waals surface area contributed by atoms with Crippen LogP contribution in [0.5, 0.6) is 0 Å². The average molecular weight is 618 g/mol. The number of nitrogens with zero attached hydrogens (tertiary/aromatic N) is 1. The summed E-state index contributed by atoms with van der Waals surface area (Å²) in [5.74, 6) is 0.803. The maximum absolute atomic E-state index is 9.45. The molecule has 0 bridgehead atoms. The van der Waals surface area contributed by atoms with Crippen molar-refractivity contribution in [2.45, 2.75) is 0 Å². The smallest absolute Gasteiger partial charge is 0.135 e. The first-order chi connectivity index (χ1) is 25.5. The van der Waals surface area contributed by atoms with Gasteiger partial charge in [0.1, 0.15) is 11.3 Å². The van der Waals surface area contributed by atoms with Crippen LogP contribution in [0.25, 0.3) is 66.1 Å².